The summed E-state index contributed by atoms with van der Waals surface area (Å²) in [4.78, 5) is 10.2. The number of hydrogen-bond acceptors (Lipinski definition) is 16. The van der Waals surface area contributed by atoms with Gasteiger partial charge in [0, 0.05) is 27.9 Å². The van der Waals surface area contributed by atoms with Crippen LogP contribution in [0.5, 0.6) is 17.2 Å². The molecule has 2 aliphatic rings. The molecule has 0 aliphatic carbocycles. The molecule has 2 heterocycles. The van der Waals surface area contributed by atoms with Crippen molar-refractivity contribution < 1.29 is 79.9 Å². The van der Waals surface area contributed by atoms with Gasteiger partial charge in [-0.1, -0.05) is 48.7 Å². The first-order chi connectivity index (χ1) is 36.1. The average Bonchev–Trinajstić information content (AvgIpc) is 3.36. The van der Waals surface area contributed by atoms with Gasteiger partial charge >= 0.3 is 0 Å². The predicted molar refractivity (Wildman–Crippen MR) is 293 cm³/mol. The zero-order chi connectivity index (χ0) is 56.3. The summed E-state index contributed by atoms with van der Waals surface area (Å²) in [6.45, 7) is 7.40. The van der Waals surface area contributed by atoms with Crippen LogP contribution >= 0.6 is 34.8 Å². The minimum atomic E-state index is -0.798. The summed E-state index contributed by atoms with van der Waals surface area (Å²) in [5, 5.41) is 110. The van der Waals surface area contributed by atoms with Crippen molar-refractivity contribution in [3.8, 4) is 17.2 Å². The van der Waals surface area contributed by atoms with E-state index < -0.39 is 49.2 Å². The molecule has 0 aromatic heterocycles. The third-order valence-electron chi connectivity index (χ3n) is 13.5. The van der Waals surface area contributed by atoms with Gasteiger partial charge in [0.15, 0.2) is 18.9 Å². The molecule has 11 N–H and O–H groups in total. The highest BCUT2D eigenvalue weighted by molar-refractivity contribution is 6.31. The number of phenols is 3. The van der Waals surface area contributed by atoms with Crippen LogP contribution in [-0.2, 0) is 18.9 Å². The maximum Gasteiger partial charge on any atom is 0.188 e. The third kappa shape index (κ3) is 26.9. The fourth-order valence-electron chi connectivity index (χ4n) is 9.14. The summed E-state index contributed by atoms with van der Waals surface area (Å²) >= 11 is 17.9. The number of aldehydes is 1. The Labute approximate surface area is 464 Å². The highest BCUT2D eigenvalue weighted by Gasteiger charge is 2.35. The van der Waals surface area contributed by atoms with Crippen molar-refractivity contribution in [1.29, 1.82) is 0 Å². The molecule has 0 spiro atoms. The molecular weight excluding hydrogens is 1050 g/mol. The van der Waals surface area contributed by atoms with Crippen molar-refractivity contribution in [2.24, 2.45) is 0 Å². The Balaban J connectivity index is 0.000000374. The van der Waals surface area contributed by atoms with Crippen LogP contribution in [0.15, 0.2) is 54.6 Å². The molecule has 19 heteroatoms. The molecule has 0 saturated carbocycles. The van der Waals surface area contributed by atoms with Gasteiger partial charge in [0.2, 0.25) is 0 Å². The molecule has 5 rings (SSSR count). The highest BCUT2D eigenvalue weighted by Crippen LogP contribution is 2.40. The molecule has 2 fully saturated rings. The Bertz CT molecular complexity index is 2070. The molecule has 432 valence electrons. The lowest BCUT2D eigenvalue weighted by Gasteiger charge is -2.37. The molecule has 2 saturated heterocycles. The van der Waals surface area contributed by atoms with E-state index in [4.69, 9.17) is 64.0 Å². The van der Waals surface area contributed by atoms with E-state index in [1.165, 1.54) is 24.3 Å². The Kier molecular flexibility index (Phi) is 32.3. The van der Waals surface area contributed by atoms with E-state index in [1.54, 1.807) is 44.2 Å². The largest absolute Gasteiger partial charge is 0.507 e. The molecule has 12 unspecified atom stereocenters. The number of aromatic hydroxyl groups is 3. The molecule has 0 amide bonds. The second-order valence-electron chi connectivity index (χ2n) is 20.5. The number of ether oxygens (including phenoxy) is 4. The van der Waals surface area contributed by atoms with E-state index in [0.717, 1.165) is 38.5 Å². The van der Waals surface area contributed by atoms with Crippen molar-refractivity contribution in [3.05, 3.63) is 86.4 Å². The number of carbonyl (C=O) groups excluding carboxylic acids is 1. The van der Waals surface area contributed by atoms with Crippen LogP contribution < -0.4 is 0 Å². The number of halogens is 3. The second kappa shape index (κ2) is 36.4. The molecule has 76 heavy (non-hydrogen) atoms. The Morgan fingerprint density at radius 2 is 0.895 bits per heavy atom. The smallest absolute Gasteiger partial charge is 0.188 e. The average molecular weight is 1130 g/mol. The fourth-order valence-corrected chi connectivity index (χ4v) is 9.68. The number of aliphatic hydroxyl groups is 8. The van der Waals surface area contributed by atoms with Crippen molar-refractivity contribution in [1.82, 2.24) is 0 Å². The van der Waals surface area contributed by atoms with Gasteiger partial charge in [-0.25, -0.2) is 0 Å². The van der Waals surface area contributed by atoms with Gasteiger partial charge < -0.3 is 75.1 Å². The second-order valence-corrected chi connectivity index (χ2v) is 21.8. The summed E-state index contributed by atoms with van der Waals surface area (Å²) in [5.41, 5.74) is 1.20. The minimum absolute atomic E-state index is 0.00159. The van der Waals surface area contributed by atoms with Gasteiger partial charge in [0.25, 0.3) is 0 Å². The van der Waals surface area contributed by atoms with E-state index in [9.17, 15) is 50.8 Å². The molecule has 3 aromatic rings. The van der Waals surface area contributed by atoms with Crippen molar-refractivity contribution in [3.63, 3.8) is 0 Å². The SMILES string of the molecule is CCC(O)CC(O)CCCC(O)CC(O)CC(O)CCC[C@H](C)O.CCC1CC(CCCC(O)CC2CC(CCC[C@H](C)O)OC(c3cc(Cl)ccc3O)O2)OC(c2cc(Cl)ccc2O)O1.O=Cc1cc(Cl)ccc1O. The van der Waals surface area contributed by atoms with E-state index >= 15 is 0 Å². The molecule has 3 aromatic carbocycles. The number of carbonyl (C=O) groups is 1. The van der Waals surface area contributed by atoms with Crippen LogP contribution in [0.3, 0.4) is 0 Å². The topological polar surface area (TPSA) is 277 Å². The highest BCUT2D eigenvalue weighted by atomic mass is 35.5. The zero-order valence-corrected chi connectivity index (χ0v) is 46.9. The molecular formula is C57H87Cl3O16. The number of benzene rings is 3. The quantitative estimate of drug-likeness (QED) is 0.0288. The first kappa shape index (κ1) is 67.4. The molecule has 16 nitrogen and oxygen atoms in total. The summed E-state index contributed by atoms with van der Waals surface area (Å²) in [7, 11) is 0. The zero-order valence-electron chi connectivity index (χ0n) is 44.6. The van der Waals surface area contributed by atoms with E-state index in [2.05, 4.69) is 6.92 Å². The predicted octanol–water partition coefficient (Wildman–Crippen LogP) is 10.3. The van der Waals surface area contributed by atoms with Crippen LogP contribution in [0.1, 0.15) is 190 Å². The number of aliphatic hydroxyl groups excluding tert-OH is 8. The van der Waals surface area contributed by atoms with E-state index in [1.807, 2.05) is 6.92 Å². The lowest BCUT2D eigenvalue weighted by molar-refractivity contribution is -0.254. The van der Waals surface area contributed by atoms with Crippen LogP contribution in [0, 0.1) is 0 Å². The monoisotopic (exact) mass is 1130 g/mol. The number of phenolic OH excluding ortho intramolecular Hbond substituents is 3. The van der Waals surface area contributed by atoms with Crippen LogP contribution in [0.25, 0.3) is 0 Å². The summed E-state index contributed by atoms with van der Waals surface area (Å²) < 4.78 is 24.7. The number of hydrogen-bond donors (Lipinski definition) is 11. The van der Waals surface area contributed by atoms with Gasteiger partial charge in [-0.15, -0.1) is 0 Å². The molecule has 2 aliphatic heterocycles. The van der Waals surface area contributed by atoms with Crippen LogP contribution in [-0.4, -0.2) is 136 Å². The van der Waals surface area contributed by atoms with Crippen molar-refractivity contribution in [2.45, 2.75) is 242 Å². The van der Waals surface area contributed by atoms with E-state index in [-0.39, 0.29) is 72.3 Å². The summed E-state index contributed by atoms with van der Waals surface area (Å²) in [6, 6.07) is 13.9. The molecule has 14 atom stereocenters. The standard InChI is InChI=1S/C32H44Cl2O8.C18H38O6.C7H5ClO2/c1-3-23-17-24(40-31(39-23)27-14-20(33)10-12-29(27)37)9-5-7-22(36)16-26-18-25(8-4-6-19(2)35)41-32(42-26)28-15-21(34)11-13-30(28)38;1-3-14(20)10-15(21)8-5-9-17(23)12-18(24)11-16(22)7-4-6-13(2)19;8-6-1-2-7(10)5(3-6)4-9/h10-15,19,22-26,31-32,35-38H,3-9,16-18H2,1-2H3;13-24H,3-12H2,1-2H3;1-4,10H/t19-,22?,23?,24?,25?,26?,31?,32?;13-,14?,15?,16?,17?,18?;/m00./s1. The lowest BCUT2D eigenvalue weighted by Crippen LogP contribution is -2.36. The molecule has 0 bridgehead atoms. The number of rotatable bonds is 29. The van der Waals surface area contributed by atoms with Crippen LogP contribution in [0.2, 0.25) is 15.1 Å². The third-order valence-corrected chi connectivity index (χ3v) is 14.2. The summed E-state index contributed by atoms with van der Waals surface area (Å²) in [5.74, 6) is 0.0827. The van der Waals surface area contributed by atoms with Gasteiger partial charge in [-0.2, -0.15) is 0 Å². The van der Waals surface area contributed by atoms with Crippen LogP contribution in [0.4, 0.5) is 0 Å². The van der Waals surface area contributed by atoms with Gasteiger partial charge in [0.1, 0.15) is 17.2 Å². The van der Waals surface area contributed by atoms with E-state index in [0.29, 0.717) is 110 Å². The Hall–Kier alpha value is -2.88. The maximum atomic E-state index is 11.0. The normalized spacial score (nSPS) is 22.8. The fraction of sp³-hybridized carbons (Fsp3) is 0.667. The first-order valence-corrected chi connectivity index (χ1v) is 28.2. The summed E-state index contributed by atoms with van der Waals surface area (Å²) in [6.07, 6.45) is 5.92. The van der Waals surface area contributed by atoms with Crippen molar-refractivity contribution >= 4 is 41.1 Å². The van der Waals surface area contributed by atoms with Crippen molar-refractivity contribution in [2.75, 3.05) is 0 Å². The lowest BCUT2D eigenvalue weighted by atomic mass is 9.96. The minimum Gasteiger partial charge on any atom is -0.507 e. The molecule has 0 radical (unpaired) electrons. The van der Waals surface area contributed by atoms with Gasteiger partial charge in [-0.05, 0) is 184 Å². The van der Waals surface area contributed by atoms with Gasteiger partial charge in [0.05, 0.1) is 89.9 Å². The Morgan fingerprint density at radius 3 is 1.36 bits per heavy atom. The Morgan fingerprint density at radius 1 is 0.500 bits per heavy atom. The maximum absolute atomic E-state index is 11.0. The van der Waals surface area contributed by atoms with Gasteiger partial charge in [-0.3, -0.25) is 4.79 Å². The first-order valence-electron chi connectivity index (χ1n) is 27.1.